The lowest BCUT2D eigenvalue weighted by atomic mass is 10.2. The van der Waals surface area contributed by atoms with Gasteiger partial charge in [-0.1, -0.05) is 54.6 Å². The highest BCUT2D eigenvalue weighted by atomic mass is 16.3. The van der Waals surface area contributed by atoms with Crippen LogP contribution < -0.4 is 16.4 Å². The first-order valence-corrected chi connectivity index (χ1v) is 12.6. The molecule has 5 aromatic rings. The predicted molar refractivity (Wildman–Crippen MR) is 159 cm³/mol. The molecule has 5 rings (SSSR count). The van der Waals surface area contributed by atoms with E-state index in [0.29, 0.717) is 27.8 Å². The van der Waals surface area contributed by atoms with Crippen molar-refractivity contribution in [1.82, 2.24) is 9.97 Å². The number of hydrogen-bond donors (Lipinski definition) is 1. The van der Waals surface area contributed by atoms with Gasteiger partial charge in [-0.3, -0.25) is 14.4 Å². The summed E-state index contributed by atoms with van der Waals surface area (Å²) in [7, 11) is 0. The first-order valence-electron chi connectivity index (χ1n) is 12.6. The highest BCUT2D eigenvalue weighted by molar-refractivity contribution is 5.88. The number of benzene rings is 3. The van der Waals surface area contributed by atoms with E-state index in [9.17, 15) is 14.4 Å². The molecule has 0 saturated carbocycles. The molecule has 2 heterocycles. The molecule has 40 heavy (non-hydrogen) atoms. The fraction of sp³-hybridized carbons (Fsp3) is 0.0938. The average Bonchev–Trinajstić information content (AvgIpc) is 2.95. The summed E-state index contributed by atoms with van der Waals surface area (Å²) in [6.45, 7) is 3.42. The molecule has 3 aromatic carbocycles. The van der Waals surface area contributed by atoms with Crippen molar-refractivity contribution in [3.63, 3.8) is 0 Å². The number of fused-ring (bicyclic) bond motifs is 2. The zero-order chi connectivity index (χ0) is 28.3. The van der Waals surface area contributed by atoms with E-state index >= 15 is 0 Å². The highest BCUT2D eigenvalue weighted by Gasteiger charge is 2.04. The third-order valence-electron chi connectivity index (χ3n) is 5.51. The molecule has 2 aromatic heterocycles. The molecule has 0 atom stereocenters. The number of nitrogens with one attached hydrogen (secondary N) is 1. The van der Waals surface area contributed by atoms with Crippen LogP contribution in [0.4, 0.5) is 5.69 Å². The third-order valence-corrected chi connectivity index (χ3v) is 5.51. The summed E-state index contributed by atoms with van der Waals surface area (Å²) in [5.41, 5.74) is 2.14. The number of rotatable bonds is 6. The summed E-state index contributed by atoms with van der Waals surface area (Å²) in [4.78, 5) is 42.3. The van der Waals surface area contributed by atoms with E-state index in [0.717, 1.165) is 17.7 Å². The smallest absolute Gasteiger partial charge is 0.284 e. The van der Waals surface area contributed by atoms with Crippen molar-refractivity contribution in [3.8, 4) is 0 Å². The molecule has 0 spiro atoms. The standard InChI is InChI=1S/C18H14N2O3.C14H13NO2/c1-12(21)19-14-9-6-13(7-10-14)8-11-17-20-18(22)15-4-2-3-5-16(15)23-17;1-2-3-4-5-10-13-15-14(16)11-8-6-7-9-12(11)17-13/h2-11H,1H3,(H,19,21);2-3,5-10H,4H2,1H3/b11-8+;3-2-,10-5+. The summed E-state index contributed by atoms with van der Waals surface area (Å²) < 4.78 is 11.1. The van der Waals surface area contributed by atoms with Crippen molar-refractivity contribution in [2.75, 3.05) is 5.32 Å². The first-order chi connectivity index (χ1) is 19.4. The van der Waals surface area contributed by atoms with Gasteiger partial charge in [-0.2, -0.15) is 9.97 Å². The van der Waals surface area contributed by atoms with Crippen LogP contribution in [0.3, 0.4) is 0 Å². The summed E-state index contributed by atoms with van der Waals surface area (Å²) in [5, 5.41) is 3.67. The van der Waals surface area contributed by atoms with Gasteiger partial charge in [-0.25, -0.2) is 0 Å². The van der Waals surface area contributed by atoms with Crippen LogP contribution in [-0.4, -0.2) is 15.9 Å². The maximum Gasteiger partial charge on any atom is 0.284 e. The Bertz CT molecular complexity index is 1830. The number of hydrogen-bond acceptors (Lipinski definition) is 7. The Morgan fingerprint density at radius 1 is 0.750 bits per heavy atom. The molecule has 0 aliphatic heterocycles. The van der Waals surface area contributed by atoms with Gasteiger partial charge in [-0.15, -0.1) is 0 Å². The number of anilines is 1. The van der Waals surface area contributed by atoms with Crippen LogP contribution in [0.1, 0.15) is 37.6 Å². The largest absolute Gasteiger partial charge is 0.438 e. The van der Waals surface area contributed by atoms with Gasteiger partial charge in [0, 0.05) is 18.7 Å². The first kappa shape index (κ1) is 27.7. The lowest BCUT2D eigenvalue weighted by Crippen LogP contribution is -2.06. The van der Waals surface area contributed by atoms with E-state index in [1.807, 2.05) is 43.4 Å². The van der Waals surface area contributed by atoms with E-state index in [1.165, 1.54) is 6.92 Å². The Morgan fingerprint density at radius 2 is 1.30 bits per heavy atom. The Hall–Kier alpha value is -5.37. The van der Waals surface area contributed by atoms with Crippen LogP contribution in [0, 0.1) is 0 Å². The summed E-state index contributed by atoms with van der Waals surface area (Å²) in [6, 6.07) is 21.4. The quantitative estimate of drug-likeness (QED) is 0.248. The van der Waals surface area contributed by atoms with E-state index in [1.54, 1.807) is 72.8 Å². The highest BCUT2D eigenvalue weighted by Crippen LogP contribution is 2.14. The fourth-order valence-corrected chi connectivity index (χ4v) is 3.63. The molecule has 0 unspecified atom stereocenters. The molecular formula is C32H27N3O5. The minimum atomic E-state index is -0.312. The molecule has 0 radical (unpaired) electrons. The van der Waals surface area contributed by atoms with Crippen LogP contribution in [0.5, 0.6) is 0 Å². The number of allylic oxidation sites excluding steroid dienone is 3. The fourth-order valence-electron chi connectivity index (χ4n) is 3.63. The van der Waals surface area contributed by atoms with Gasteiger partial charge in [0.2, 0.25) is 17.7 Å². The van der Waals surface area contributed by atoms with Crippen LogP contribution in [-0.2, 0) is 4.79 Å². The third kappa shape index (κ3) is 7.58. The number of aromatic nitrogens is 2. The van der Waals surface area contributed by atoms with Gasteiger partial charge in [-0.05, 0) is 67.5 Å². The second kappa shape index (κ2) is 13.4. The van der Waals surface area contributed by atoms with E-state index in [-0.39, 0.29) is 22.9 Å². The van der Waals surface area contributed by atoms with E-state index in [2.05, 4.69) is 15.3 Å². The maximum atomic E-state index is 11.9. The van der Waals surface area contributed by atoms with Crippen molar-refractivity contribution in [2.24, 2.45) is 0 Å². The van der Waals surface area contributed by atoms with E-state index < -0.39 is 0 Å². The predicted octanol–water partition coefficient (Wildman–Crippen LogP) is 6.48. The van der Waals surface area contributed by atoms with Gasteiger partial charge < -0.3 is 14.2 Å². The van der Waals surface area contributed by atoms with Gasteiger partial charge in [0.15, 0.2) is 0 Å². The Labute approximate surface area is 230 Å². The molecule has 200 valence electrons. The number of para-hydroxylation sites is 2. The molecule has 8 heteroatoms. The Balaban J connectivity index is 0.000000194. The van der Waals surface area contributed by atoms with Crippen molar-refractivity contribution in [2.45, 2.75) is 20.3 Å². The van der Waals surface area contributed by atoms with Gasteiger partial charge in [0.05, 0.1) is 10.8 Å². The Kier molecular flexibility index (Phi) is 9.29. The number of nitrogens with zero attached hydrogens (tertiary/aromatic N) is 2. The normalized spacial score (nSPS) is 11.3. The van der Waals surface area contributed by atoms with Gasteiger partial charge >= 0.3 is 0 Å². The lowest BCUT2D eigenvalue weighted by Gasteiger charge is -2.01. The molecule has 1 amide bonds. The molecule has 0 bridgehead atoms. The van der Waals surface area contributed by atoms with Gasteiger partial charge in [0.1, 0.15) is 11.2 Å². The maximum absolute atomic E-state index is 11.9. The van der Waals surface area contributed by atoms with Crippen LogP contribution >= 0.6 is 0 Å². The lowest BCUT2D eigenvalue weighted by molar-refractivity contribution is -0.114. The van der Waals surface area contributed by atoms with Crippen molar-refractivity contribution >= 4 is 51.8 Å². The summed E-state index contributed by atoms with van der Waals surface area (Å²) >= 11 is 0. The van der Waals surface area contributed by atoms with Crippen molar-refractivity contribution in [1.29, 1.82) is 0 Å². The van der Waals surface area contributed by atoms with Gasteiger partial charge in [0.25, 0.3) is 11.1 Å². The molecular weight excluding hydrogens is 506 g/mol. The molecule has 8 nitrogen and oxygen atoms in total. The van der Waals surface area contributed by atoms with Crippen LogP contribution in [0.15, 0.2) is 109 Å². The Morgan fingerprint density at radius 3 is 1.85 bits per heavy atom. The zero-order valence-corrected chi connectivity index (χ0v) is 22.0. The average molecular weight is 534 g/mol. The number of carbonyl (C=O) groups excluding carboxylic acids is 1. The molecule has 0 saturated heterocycles. The topological polar surface area (TPSA) is 115 Å². The van der Waals surface area contributed by atoms with Crippen LogP contribution in [0.2, 0.25) is 0 Å². The monoisotopic (exact) mass is 533 g/mol. The van der Waals surface area contributed by atoms with Crippen molar-refractivity contribution < 1.29 is 13.6 Å². The minimum Gasteiger partial charge on any atom is -0.438 e. The van der Waals surface area contributed by atoms with Crippen LogP contribution in [0.25, 0.3) is 40.2 Å². The minimum absolute atomic E-state index is 0.115. The molecule has 0 aliphatic carbocycles. The molecule has 1 N–H and O–H groups in total. The molecule has 0 fully saturated rings. The number of carbonyl (C=O) groups is 1. The summed E-state index contributed by atoms with van der Waals surface area (Å²) in [6.07, 6.45) is 11.8. The van der Waals surface area contributed by atoms with E-state index in [4.69, 9.17) is 8.83 Å². The SMILES string of the molecule is C/C=C\C/C=C/c1nc(=O)c2ccccc2o1.CC(=O)Nc1ccc(/C=C/c2nc(=O)c3ccccc3o2)cc1. The second-order valence-electron chi connectivity index (χ2n) is 8.55. The second-order valence-corrected chi connectivity index (χ2v) is 8.55. The number of amides is 1. The molecule has 0 aliphatic rings. The zero-order valence-electron chi connectivity index (χ0n) is 22.0. The summed E-state index contributed by atoms with van der Waals surface area (Å²) in [5.74, 6) is 0.480. The van der Waals surface area contributed by atoms with Crippen molar-refractivity contribution in [3.05, 3.63) is 129 Å².